The van der Waals surface area contributed by atoms with Gasteiger partial charge in [0.15, 0.2) is 0 Å². The lowest BCUT2D eigenvalue weighted by Gasteiger charge is -2.19. The fourth-order valence-electron chi connectivity index (χ4n) is 2.25. The molecule has 1 saturated carbocycles. The molecule has 106 valence electrons. The van der Waals surface area contributed by atoms with Gasteiger partial charge in [-0.2, -0.15) is 0 Å². The molecule has 0 atom stereocenters. The molecular weight excluding hydrogens is 262 g/mol. The highest BCUT2D eigenvalue weighted by Crippen LogP contribution is 2.31. The summed E-state index contributed by atoms with van der Waals surface area (Å²) in [4.78, 5) is 0.310. The Hall–Kier alpha value is -0.910. The smallest absolute Gasteiger partial charge is 0.243 e. The fraction of sp³-hybridized carbons (Fsp3) is 0.571. The third-order valence-electron chi connectivity index (χ3n) is 3.70. The number of nitrogens with zero attached hydrogens (tertiary/aromatic N) is 1. The van der Waals surface area contributed by atoms with Crippen LogP contribution in [0.5, 0.6) is 0 Å². The molecule has 0 amide bonds. The van der Waals surface area contributed by atoms with Gasteiger partial charge in [0.2, 0.25) is 10.0 Å². The Morgan fingerprint density at radius 3 is 2.42 bits per heavy atom. The number of aryl methyl sites for hydroxylation is 2. The van der Waals surface area contributed by atoms with Crippen molar-refractivity contribution < 1.29 is 13.5 Å². The van der Waals surface area contributed by atoms with Gasteiger partial charge in [0.25, 0.3) is 0 Å². The minimum atomic E-state index is -3.45. The van der Waals surface area contributed by atoms with Crippen LogP contribution in [0.15, 0.2) is 17.0 Å². The summed E-state index contributed by atoms with van der Waals surface area (Å²) in [6, 6.07) is 3.42. The van der Waals surface area contributed by atoms with Crippen molar-refractivity contribution >= 4 is 10.0 Å². The zero-order valence-electron chi connectivity index (χ0n) is 11.7. The second kappa shape index (κ2) is 5.23. The van der Waals surface area contributed by atoms with Crippen LogP contribution in [0.4, 0.5) is 0 Å². The maximum Gasteiger partial charge on any atom is 0.243 e. The van der Waals surface area contributed by atoms with E-state index < -0.39 is 10.0 Å². The van der Waals surface area contributed by atoms with Crippen LogP contribution >= 0.6 is 0 Å². The first-order valence-corrected chi connectivity index (χ1v) is 7.97. The Balaban J connectivity index is 2.38. The van der Waals surface area contributed by atoms with Crippen molar-refractivity contribution in [3.63, 3.8) is 0 Å². The van der Waals surface area contributed by atoms with Crippen molar-refractivity contribution in [3.05, 3.63) is 28.8 Å². The summed E-state index contributed by atoms with van der Waals surface area (Å²) in [5.74, 6) is 0.517. The van der Waals surface area contributed by atoms with E-state index in [1.807, 2.05) is 13.0 Å². The van der Waals surface area contributed by atoms with Crippen LogP contribution < -0.4 is 0 Å². The van der Waals surface area contributed by atoms with E-state index in [9.17, 15) is 13.5 Å². The summed E-state index contributed by atoms with van der Waals surface area (Å²) >= 11 is 0. The molecule has 1 aromatic rings. The van der Waals surface area contributed by atoms with Gasteiger partial charge in [-0.25, -0.2) is 12.7 Å². The number of aliphatic hydroxyl groups excluding tert-OH is 1. The van der Waals surface area contributed by atoms with Crippen molar-refractivity contribution in [1.82, 2.24) is 4.31 Å². The maximum absolute atomic E-state index is 12.5. The van der Waals surface area contributed by atoms with Crippen LogP contribution in [0.25, 0.3) is 0 Å². The number of hydrogen-bond acceptors (Lipinski definition) is 3. The van der Waals surface area contributed by atoms with Crippen LogP contribution in [0.2, 0.25) is 0 Å². The Bertz CT molecular complexity index is 577. The predicted octanol–water partition coefficient (Wildman–Crippen LogP) is 1.83. The second-order valence-electron chi connectivity index (χ2n) is 5.43. The Morgan fingerprint density at radius 2 is 1.89 bits per heavy atom. The molecule has 4 nitrogen and oxygen atoms in total. The van der Waals surface area contributed by atoms with Crippen molar-refractivity contribution in [2.24, 2.45) is 5.92 Å². The van der Waals surface area contributed by atoms with Crippen molar-refractivity contribution in [2.75, 3.05) is 13.6 Å². The van der Waals surface area contributed by atoms with E-state index in [1.54, 1.807) is 20.0 Å². The van der Waals surface area contributed by atoms with E-state index in [-0.39, 0.29) is 6.61 Å². The lowest BCUT2D eigenvalue weighted by atomic mass is 10.1. The van der Waals surface area contributed by atoms with Crippen molar-refractivity contribution in [3.8, 4) is 0 Å². The van der Waals surface area contributed by atoms with Crippen LogP contribution in [0.3, 0.4) is 0 Å². The number of aliphatic hydroxyl groups is 1. The average molecular weight is 283 g/mol. The molecule has 2 rings (SSSR count). The molecule has 1 aromatic carbocycles. The van der Waals surface area contributed by atoms with E-state index in [4.69, 9.17) is 0 Å². The Labute approximate surface area is 115 Å². The molecule has 0 bridgehead atoms. The Kier molecular flexibility index (Phi) is 3.99. The SMILES string of the molecule is Cc1cc(C)c(S(=O)(=O)N(C)CC2CC2)cc1CO. The summed E-state index contributed by atoms with van der Waals surface area (Å²) in [6.45, 7) is 4.12. The van der Waals surface area contributed by atoms with Gasteiger partial charge in [-0.15, -0.1) is 0 Å². The summed E-state index contributed by atoms with van der Waals surface area (Å²) in [7, 11) is -1.82. The van der Waals surface area contributed by atoms with Crippen molar-refractivity contribution in [1.29, 1.82) is 0 Å². The zero-order chi connectivity index (χ0) is 14.2. The molecule has 5 heteroatoms. The van der Waals surface area contributed by atoms with Crippen LogP contribution in [0.1, 0.15) is 29.5 Å². The third kappa shape index (κ3) is 2.99. The molecule has 1 N–H and O–H groups in total. The van der Waals surface area contributed by atoms with Gasteiger partial charge >= 0.3 is 0 Å². The average Bonchev–Trinajstić information content (AvgIpc) is 3.12. The van der Waals surface area contributed by atoms with Gasteiger partial charge < -0.3 is 5.11 Å². The van der Waals surface area contributed by atoms with Gasteiger partial charge in [-0.1, -0.05) is 6.07 Å². The summed E-state index contributed by atoms with van der Waals surface area (Å²) < 4.78 is 26.5. The van der Waals surface area contributed by atoms with Crippen molar-refractivity contribution in [2.45, 2.75) is 38.2 Å². The normalized spacial score (nSPS) is 16.1. The van der Waals surface area contributed by atoms with Gasteiger partial charge in [0, 0.05) is 13.6 Å². The molecule has 19 heavy (non-hydrogen) atoms. The van der Waals surface area contributed by atoms with E-state index in [1.165, 1.54) is 4.31 Å². The van der Waals surface area contributed by atoms with Gasteiger partial charge in [0.1, 0.15) is 0 Å². The topological polar surface area (TPSA) is 57.6 Å². The monoisotopic (exact) mass is 283 g/mol. The molecule has 0 unspecified atom stereocenters. The maximum atomic E-state index is 12.5. The van der Waals surface area contributed by atoms with E-state index in [0.717, 1.165) is 24.0 Å². The number of rotatable bonds is 5. The van der Waals surface area contributed by atoms with Gasteiger partial charge in [-0.3, -0.25) is 0 Å². The highest BCUT2D eigenvalue weighted by molar-refractivity contribution is 7.89. The van der Waals surface area contributed by atoms with Gasteiger partial charge in [0.05, 0.1) is 11.5 Å². The summed E-state index contributed by atoms with van der Waals surface area (Å²) in [6.07, 6.45) is 2.24. The summed E-state index contributed by atoms with van der Waals surface area (Å²) in [5, 5.41) is 9.29. The molecule has 0 heterocycles. The van der Waals surface area contributed by atoms with Crippen LogP contribution in [0, 0.1) is 19.8 Å². The fourth-order valence-corrected chi connectivity index (χ4v) is 3.75. The van der Waals surface area contributed by atoms with E-state index >= 15 is 0 Å². The van der Waals surface area contributed by atoms with E-state index in [0.29, 0.717) is 22.9 Å². The minimum Gasteiger partial charge on any atom is -0.392 e. The van der Waals surface area contributed by atoms with Gasteiger partial charge in [-0.05, 0) is 55.4 Å². The standard InChI is InChI=1S/C14H21NO3S/c1-10-6-11(2)14(7-13(10)9-16)19(17,18)15(3)8-12-4-5-12/h6-7,12,16H,4-5,8-9H2,1-3H3. The highest BCUT2D eigenvalue weighted by atomic mass is 32.2. The molecular formula is C14H21NO3S. The quantitative estimate of drug-likeness (QED) is 0.897. The second-order valence-corrected chi connectivity index (χ2v) is 7.44. The number of sulfonamides is 1. The van der Waals surface area contributed by atoms with Crippen LogP contribution in [-0.4, -0.2) is 31.4 Å². The van der Waals surface area contributed by atoms with Crippen LogP contribution in [-0.2, 0) is 16.6 Å². The molecule has 0 aliphatic heterocycles. The van der Waals surface area contributed by atoms with E-state index in [2.05, 4.69) is 0 Å². The molecule has 0 aromatic heterocycles. The first-order chi connectivity index (χ1) is 8.86. The number of benzene rings is 1. The predicted molar refractivity (Wildman–Crippen MR) is 74.4 cm³/mol. The zero-order valence-corrected chi connectivity index (χ0v) is 12.5. The first-order valence-electron chi connectivity index (χ1n) is 6.53. The lowest BCUT2D eigenvalue weighted by molar-refractivity contribution is 0.280. The third-order valence-corrected chi connectivity index (χ3v) is 5.67. The molecule has 0 saturated heterocycles. The molecule has 1 aliphatic rings. The molecule has 0 spiro atoms. The highest BCUT2D eigenvalue weighted by Gasteiger charge is 2.30. The Morgan fingerprint density at radius 1 is 1.26 bits per heavy atom. The largest absolute Gasteiger partial charge is 0.392 e. The first kappa shape index (κ1) is 14.5. The molecule has 0 radical (unpaired) electrons. The summed E-state index contributed by atoms with van der Waals surface area (Å²) in [5.41, 5.74) is 2.32. The lowest BCUT2D eigenvalue weighted by Crippen LogP contribution is -2.29. The molecule has 1 aliphatic carbocycles. The molecule has 1 fully saturated rings. The number of hydrogen-bond donors (Lipinski definition) is 1. The minimum absolute atomic E-state index is 0.138.